The summed E-state index contributed by atoms with van der Waals surface area (Å²) >= 11 is 5.68. The van der Waals surface area contributed by atoms with E-state index in [1.807, 2.05) is 42.5 Å². The van der Waals surface area contributed by atoms with E-state index in [-0.39, 0.29) is 0 Å². The summed E-state index contributed by atoms with van der Waals surface area (Å²) in [4.78, 5) is 22.6. The number of hydrogen-bond acceptors (Lipinski definition) is 2. The van der Waals surface area contributed by atoms with E-state index in [1.54, 1.807) is 6.07 Å². The number of rotatable bonds is 2. The van der Waals surface area contributed by atoms with Crippen molar-refractivity contribution in [2.45, 2.75) is 0 Å². The molecular formula is C18H9ClO2. The van der Waals surface area contributed by atoms with Gasteiger partial charge in [0.25, 0.3) is 5.24 Å². The second kappa shape index (κ2) is 4.27. The minimum Gasteiger partial charge on any atom is -0.298 e. The Morgan fingerprint density at radius 1 is 0.905 bits per heavy atom. The van der Waals surface area contributed by atoms with Gasteiger partial charge in [-0.25, -0.2) is 0 Å². The fourth-order valence-electron chi connectivity index (χ4n) is 3.12. The Morgan fingerprint density at radius 3 is 2.43 bits per heavy atom. The molecule has 0 heterocycles. The van der Waals surface area contributed by atoms with E-state index in [9.17, 15) is 9.59 Å². The van der Waals surface area contributed by atoms with Gasteiger partial charge in [0.2, 0.25) is 0 Å². The number of hydrogen-bond donors (Lipinski definition) is 0. The van der Waals surface area contributed by atoms with Crippen LogP contribution in [0.1, 0.15) is 20.7 Å². The first-order valence-corrected chi connectivity index (χ1v) is 6.94. The Morgan fingerprint density at radius 2 is 1.67 bits per heavy atom. The van der Waals surface area contributed by atoms with Crippen molar-refractivity contribution in [3.05, 3.63) is 59.7 Å². The van der Waals surface area contributed by atoms with Gasteiger partial charge in [-0.2, -0.15) is 0 Å². The molecule has 21 heavy (non-hydrogen) atoms. The highest BCUT2D eigenvalue weighted by molar-refractivity contribution is 6.68. The van der Waals surface area contributed by atoms with E-state index >= 15 is 0 Å². The van der Waals surface area contributed by atoms with Crippen LogP contribution in [0.15, 0.2) is 48.5 Å². The summed E-state index contributed by atoms with van der Waals surface area (Å²) in [5.74, 6) is 0. The van der Waals surface area contributed by atoms with Crippen LogP contribution in [0.5, 0.6) is 0 Å². The fraction of sp³-hybridized carbons (Fsp3) is 0. The molecule has 3 heteroatoms. The average molecular weight is 293 g/mol. The molecule has 2 nitrogen and oxygen atoms in total. The molecule has 0 saturated carbocycles. The zero-order valence-electron chi connectivity index (χ0n) is 10.9. The summed E-state index contributed by atoms with van der Waals surface area (Å²) in [6.07, 6.45) is 0.844. The highest BCUT2D eigenvalue weighted by atomic mass is 35.5. The summed E-state index contributed by atoms with van der Waals surface area (Å²) in [6, 6.07) is 15.2. The zero-order valence-corrected chi connectivity index (χ0v) is 11.6. The first-order chi connectivity index (χ1) is 10.2. The molecule has 0 fully saturated rings. The molecule has 0 spiro atoms. The summed E-state index contributed by atoms with van der Waals surface area (Å²) in [6.45, 7) is 0. The van der Waals surface area contributed by atoms with Crippen molar-refractivity contribution in [1.29, 1.82) is 0 Å². The number of halogens is 1. The third kappa shape index (κ3) is 1.60. The Bertz CT molecular complexity index is 941. The smallest absolute Gasteiger partial charge is 0.253 e. The van der Waals surface area contributed by atoms with E-state index in [0.29, 0.717) is 11.1 Å². The highest BCUT2D eigenvalue weighted by Gasteiger charge is 2.23. The van der Waals surface area contributed by atoms with Crippen LogP contribution >= 0.6 is 11.6 Å². The van der Waals surface area contributed by atoms with Crippen molar-refractivity contribution >= 4 is 33.9 Å². The zero-order chi connectivity index (χ0) is 14.6. The highest BCUT2D eigenvalue weighted by Crippen LogP contribution is 2.48. The van der Waals surface area contributed by atoms with Gasteiger partial charge in [-0.3, -0.25) is 9.59 Å². The van der Waals surface area contributed by atoms with Gasteiger partial charge >= 0.3 is 0 Å². The second-order valence-corrected chi connectivity index (χ2v) is 5.43. The molecule has 0 aromatic heterocycles. The van der Waals surface area contributed by atoms with Crippen LogP contribution in [0.2, 0.25) is 0 Å². The van der Waals surface area contributed by atoms with Gasteiger partial charge in [0.05, 0.1) is 0 Å². The van der Waals surface area contributed by atoms with Crippen molar-refractivity contribution in [1.82, 2.24) is 0 Å². The monoisotopic (exact) mass is 292 g/mol. The maximum Gasteiger partial charge on any atom is 0.253 e. The molecule has 0 bridgehead atoms. The van der Waals surface area contributed by atoms with Gasteiger partial charge in [-0.1, -0.05) is 36.4 Å². The van der Waals surface area contributed by atoms with Gasteiger partial charge in [0.1, 0.15) is 6.29 Å². The lowest BCUT2D eigenvalue weighted by Crippen LogP contribution is -1.91. The van der Waals surface area contributed by atoms with E-state index in [2.05, 4.69) is 0 Å². The minimum atomic E-state index is -0.455. The predicted octanol–water partition coefficient (Wildman–Crippen LogP) is 4.68. The van der Waals surface area contributed by atoms with Crippen molar-refractivity contribution in [2.75, 3.05) is 0 Å². The average Bonchev–Trinajstić information content (AvgIpc) is 2.83. The van der Waals surface area contributed by atoms with Crippen molar-refractivity contribution in [3.8, 4) is 22.3 Å². The molecule has 0 atom stereocenters. The van der Waals surface area contributed by atoms with Gasteiger partial charge < -0.3 is 0 Å². The molecule has 4 rings (SSSR count). The Balaban J connectivity index is 2.16. The molecule has 3 aromatic rings. The third-order valence-electron chi connectivity index (χ3n) is 4.01. The summed E-state index contributed by atoms with van der Waals surface area (Å²) < 4.78 is 0. The van der Waals surface area contributed by atoms with Crippen LogP contribution in [0.4, 0.5) is 0 Å². The summed E-state index contributed by atoms with van der Waals surface area (Å²) in [7, 11) is 0. The van der Waals surface area contributed by atoms with Gasteiger partial charge in [0, 0.05) is 11.1 Å². The van der Waals surface area contributed by atoms with Crippen LogP contribution in [-0.4, -0.2) is 11.5 Å². The number of aldehydes is 1. The molecule has 0 radical (unpaired) electrons. The molecule has 0 saturated heterocycles. The number of carbonyl (C=O) groups excluding carboxylic acids is 2. The molecule has 100 valence electrons. The van der Waals surface area contributed by atoms with Gasteiger partial charge in [-0.15, -0.1) is 0 Å². The van der Waals surface area contributed by atoms with E-state index in [4.69, 9.17) is 11.6 Å². The molecular weight excluding hydrogens is 284 g/mol. The minimum absolute atomic E-state index is 0.455. The van der Waals surface area contributed by atoms with E-state index in [0.717, 1.165) is 39.3 Å². The van der Waals surface area contributed by atoms with E-state index in [1.165, 1.54) is 0 Å². The molecule has 1 aliphatic rings. The Kier molecular flexibility index (Phi) is 2.50. The Hall–Kier alpha value is -2.45. The molecule has 0 N–H and O–H groups in total. The molecule has 1 aliphatic carbocycles. The molecule has 0 unspecified atom stereocenters. The number of fused-ring (bicyclic) bond motifs is 3. The maximum atomic E-state index is 11.6. The lowest BCUT2D eigenvalue weighted by atomic mass is 9.99. The first-order valence-electron chi connectivity index (χ1n) is 6.56. The van der Waals surface area contributed by atoms with E-state index < -0.39 is 5.24 Å². The van der Waals surface area contributed by atoms with Crippen LogP contribution < -0.4 is 0 Å². The molecule has 0 amide bonds. The second-order valence-electron chi connectivity index (χ2n) is 5.09. The predicted molar refractivity (Wildman–Crippen MR) is 83.9 cm³/mol. The standard InChI is InChI=1S/C18H9ClO2/c19-18(21)15-7-6-14-16-8-10(9-20)4-5-11(16)12-2-1-3-13(15)17(12)14/h1-9H. The Labute approximate surface area is 126 Å². The van der Waals surface area contributed by atoms with Gasteiger partial charge in [-0.05, 0) is 56.8 Å². The van der Waals surface area contributed by atoms with Crippen molar-refractivity contribution < 1.29 is 9.59 Å². The number of carbonyl (C=O) groups is 2. The van der Waals surface area contributed by atoms with Crippen molar-refractivity contribution in [3.63, 3.8) is 0 Å². The van der Waals surface area contributed by atoms with Crippen LogP contribution in [0.3, 0.4) is 0 Å². The third-order valence-corrected chi connectivity index (χ3v) is 4.22. The van der Waals surface area contributed by atoms with Crippen LogP contribution in [0, 0.1) is 0 Å². The first kappa shape index (κ1) is 12.3. The lowest BCUT2D eigenvalue weighted by Gasteiger charge is -2.05. The SMILES string of the molecule is O=Cc1ccc2c(c1)-c1ccc(C(=O)Cl)c3cccc-2c13. The summed E-state index contributed by atoms with van der Waals surface area (Å²) in [5.41, 5.74) is 5.39. The topological polar surface area (TPSA) is 34.1 Å². The molecule has 3 aromatic carbocycles. The van der Waals surface area contributed by atoms with Crippen molar-refractivity contribution in [2.24, 2.45) is 0 Å². The normalized spacial score (nSPS) is 11.5. The van der Waals surface area contributed by atoms with Crippen LogP contribution in [-0.2, 0) is 0 Å². The lowest BCUT2D eigenvalue weighted by molar-refractivity contribution is 0.108. The quantitative estimate of drug-likeness (QED) is 0.397. The molecule has 0 aliphatic heterocycles. The largest absolute Gasteiger partial charge is 0.298 e. The van der Waals surface area contributed by atoms with Crippen LogP contribution in [0.25, 0.3) is 33.0 Å². The fourth-order valence-corrected chi connectivity index (χ4v) is 3.28. The van der Waals surface area contributed by atoms with Gasteiger partial charge in [0.15, 0.2) is 0 Å². The summed E-state index contributed by atoms with van der Waals surface area (Å²) in [5, 5.41) is 1.43. The maximum absolute atomic E-state index is 11.6. The number of benzene rings is 3.